The molecule has 0 radical (unpaired) electrons. The zero-order valence-corrected chi connectivity index (χ0v) is 17.3. The predicted octanol–water partition coefficient (Wildman–Crippen LogP) is 0.519. The molecule has 0 aromatic heterocycles. The molecular weight excluding hydrogens is 422 g/mol. The Balaban J connectivity index is 1.52. The van der Waals surface area contributed by atoms with Crippen molar-refractivity contribution < 1.29 is 27.5 Å². The number of piperidine rings is 1. The normalized spacial score (nSPS) is 17.8. The van der Waals surface area contributed by atoms with Gasteiger partial charge in [0.15, 0.2) is 6.61 Å². The molecule has 0 saturated carbocycles. The number of nitrogens with one attached hydrogen (secondary N) is 1. The molecule has 9 nitrogen and oxygen atoms in total. The van der Waals surface area contributed by atoms with Crippen LogP contribution in [0.25, 0.3) is 0 Å². The van der Waals surface area contributed by atoms with Gasteiger partial charge in [-0.3, -0.25) is 19.3 Å². The summed E-state index contributed by atoms with van der Waals surface area (Å²) in [6.07, 6.45) is 1.01. The molecule has 1 fully saturated rings. The van der Waals surface area contributed by atoms with Crippen LogP contribution in [0.1, 0.15) is 24.8 Å². The zero-order valence-electron chi connectivity index (χ0n) is 15.7. The van der Waals surface area contributed by atoms with Crippen LogP contribution < -0.4 is 9.46 Å². The van der Waals surface area contributed by atoms with Gasteiger partial charge in [0.25, 0.3) is 5.91 Å². The monoisotopic (exact) mass is 443 g/mol. The quantitative estimate of drug-likeness (QED) is 0.614. The van der Waals surface area contributed by atoms with Crippen molar-refractivity contribution in [2.45, 2.75) is 25.8 Å². The minimum atomic E-state index is -3.71. The average molecular weight is 444 g/mol. The van der Waals surface area contributed by atoms with Crippen LogP contribution in [0.5, 0.6) is 5.75 Å². The van der Waals surface area contributed by atoms with Crippen LogP contribution in [-0.4, -0.2) is 67.9 Å². The van der Waals surface area contributed by atoms with Crippen LogP contribution in [0.3, 0.4) is 0 Å². The summed E-state index contributed by atoms with van der Waals surface area (Å²) in [5.74, 6) is -0.754. The number of likely N-dealkylation sites (tertiary alicyclic amines) is 1. The molecule has 1 aromatic carbocycles. The van der Waals surface area contributed by atoms with Crippen LogP contribution >= 0.6 is 11.6 Å². The largest absolute Gasteiger partial charge is 0.483 e. The first-order chi connectivity index (χ1) is 13.7. The number of imide groups is 1. The number of nitrogens with zero attached hydrogens (tertiary/aromatic N) is 2. The van der Waals surface area contributed by atoms with Crippen LogP contribution in [-0.2, 0) is 31.0 Å². The van der Waals surface area contributed by atoms with Crippen LogP contribution in [0.2, 0.25) is 5.02 Å². The third-order valence-corrected chi connectivity index (χ3v) is 6.36. The smallest absolute Gasteiger partial charge is 0.260 e. The summed E-state index contributed by atoms with van der Waals surface area (Å²) in [6, 6.07) is 5.08. The van der Waals surface area contributed by atoms with E-state index in [2.05, 4.69) is 4.72 Å². The highest BCUT2D eigenvalue weighted by Crippen LogP contribution is 2.26. The van der Waals surface area contributed by atoms with E-state index in [1.165, 1.54) is 4.90 Å². The minimum absolute atomic E-state index is 0.00582. The molecule has 0 bridgehead atoms. The third-order valence-electron chi connectivity index (χ3n) is 4.76. The molecule has 0 aliphatic carbocycles. The molecular formula is C18H22ClN3O6S. The number of ether oxygens (including phenoxy) is 1. The number of sulfonamides is 1. The lowest BCUT2D eigenvalue weighted by molar-refractivity contribution is -0.147. The lowest BCUT2D eigenvalue weighted by Gasteiger charge is -2.24. The van der Waals surface area contributed by atoms with Gasteiger partial charge in [0.05, 0.1) is 5.75 Å². The van der Waals surface area contributed by atoms with E-state index in [9.17, 15) is 22.8 Å². The maximum Gasteiger partial charge on any atom is 0.260 e. The molecule has 158 valence electrons. The van der Waals surface area contributed by atoms with E-state index in [-0.39, 0.29) is 69.1 Å². The highest BCUT2D eigenvalue weighted by atomic mass is 35.5. The van der Waals surface area contributed by atoms with E-state index < -0.39 is 10.0 Å². The lowest BCUT2D eigenvalue weighted by Crippen LogP contribution is -2.45. The Bertz CT molecular complexity index is 904. The van der Waals surface area contributed by atoms with Gasteiger partial charge in [0, 0.05) is 49.6 Å². The van der Waals surface area contributed by atoms with Gasteiger partial charge < -0.3 is 9.64 Å². The summed E-state index contributed by atoms with van der Waals surface area (Å²) in [5.41, 5.74) is 0.744. The van der Waals surface area contributed by atoms with Crippen molar-refractivity contribution >= 4 is 39.3 Å². The fraction of sp³-hybridized carbons (Fsp3) is 0.500. The van der Waals surface area contributed by atoms with Gasteiger partial charge in [-0.2, -0.15) is 0 Å². The van der Waals surface area contributed by atoms with Crippen LogP contribution in [0, 0.1) is 0 Å². The van der Waals surface area contributed by atoms with Crippen LogP contribution in [0.4, 0.5) is 0 Å². The van der Waals surface area contributed by atoms with Crippen molar-refractivity contribution in [2.75, 3.05) is 32.0 Å². The van der Waals surface area contributed by atoms with E-state index >= 15 is 0 Å². The first kappa shape index (κ1) is 21.5. The van der Waals surface area contributed by atoms with Gasteiger partial charge in [-0.15, -0.1) is 0 Å². The van der Waals surface area contributed by atoms with Gasteiger partial charge in [-0.25, -0.2) is 13.1 Å². The molecule has 2 aliphatic heterocycles. The molecule has 0 spiro atoms. The van der Waals surface area contributed by atoms with Gasteiger partial charge in [-0.05, 0) is 24.6 Å². The maximum absolute atomic E-state index is 12.2. The molecule has 1 N–H and O–H groups in total. The first-order valence-electron chi connectivity index (χ1n) is 9.25. The average Bonchev–Trinajstić information content (AvgIpc) is 2.80. The standard InChI is InChI=1S/C18H22ClN3O6S/c19-14-4-5-15-13(10-14)11-21(18(25)12-28-15)7-6-20-29(26,27)9-8-22-16(23)2-1-3-17(22)24/h4-5,10,20H,1-3,6-9,11-12H2. The number of rotatable bonds is 7. The molecule has 3 amide bonds. The maximum atomic E-state index is 12.2. The number of carbonyl (C=O) groups excluding carboxylic acids is 3. The Morgan fingerprint density at radius 1 is 1.07 bits per heavy atom. The van der Waals surface area contributed by atoms with E-state index in [1.807, 2.05) is 0 Å². The molecule has 29 heavy (non-hydrogen) atoms. The second-order valence-electron chi connectivity index (χ2n) is 6.86. The Kier molecular flexibility index (Phi) is 6.76. The summed E-state index contributed by atoms with van der Waals surface area (Å²) in [5, 5.41) is 0.518. The molecule has 11 heteroatoms. The number of hydrogen-bond donors (Lipinski definition) is 1. The van der Waals surface area contributed by atoms with Crippen molar-refractivity contribution in [3.05, 3.63) is 28.8 Å². The number of carbonyl (C=O) groups is 3. The predicted molar refractivity (Wildman–Crippen MR) is 105 cm³/mol. The second-order valence-corrected chi connectivity index (χ2v) is 9.22. The number of halogens is 1. The Labute approximate surface area is 174 Å². The molecule has 2 heterocycles. The van der Waals surface area contributed by atoms with Crippen molar-refractivity contribution in [3.63, 3.8) is 0 Å². The van der Waals surface area contributed by atoms with E-state index in [0.29, 0.717) is 17.2 Å². The molecule has 3 rings (SSSR count). The van der Waals surface area contributed by atoms with E-state index in [1.54, 1.807) is 18.2 Å². The lowest BCUT2D eigenvalue weighted by atomic mass is 10.1. The highest BCUT2D eigenvalue weighted by molar-refractivity contribution is 7.89. The summed E-state index contributed by atoms with van der Waals surface area (Å²) in [4.78, 5) is 38.2. The fourth-order valence-corrected chi connectivity index (χ4v) is 4.37. The molecule has 2 aliphatic rings. The minimum Gasteiger partial charge on any atom is -0.483 e. The molecule has 0 unspecified atom stereocenters. The summed E-state index contributed by atoms with van der Waals surface area (Å²) in [6.45, 7) is 0.101. The van der Waals surface area contributed by atoms with Crippen molar-refractivity contribution in [1.29, 1.82) is 0 Å². The SMILES string of the molecule is O=C1COc2ccc(Cl)cc2CN1CCNS(=O)(=O)CCN1C(=O)CCCC1=O. The number of benzene rings is 1. The van der Waals surface area contributed by atoms with E-state index in [0.717, 1.165) is 10.5 Å². The Hall–Kier alpha value is -2.17. The molecule has 1 saturated heterocycles. The topological polar surface area (TPSA) is 113 Å². The fourth-order valence-electron chi connectivity index (χ4n) is 3.21. The highest BCUT2D eigenvalue weighted by Gasteiger charge is 2.27. The van der Waals surface area contributed by atoms with Crippen molar-refractivity contribution in [1.82, 2.24) is 14.5 Å². The first-order valence-corrected chi connectivity index (χ1v) is 11.3. The number of hydrogen-bond acceptors (Lipinski definition) is 6. The van der Waals surface area contributed by atoms with Crippen molar-refractivity contribution in [2.24, 2.45) is 0 Å². The van der Waals surface area contributed by atoms with Gasteiger partial charge in [0.2, 0.25) is 21.8 Å². The molecule has 1 aromatic rings. The number of fused-ring (bicyclic) bond motifs is 1. The third kappa shape index (κ3) is 5.68. The van der Waals surface area contributed by atoms with Gasteiger partial charge >= 0.3 is 0 Å². The Morgan fingerprint density at radius 3 is 2.52 bits per heavy atom. The summed E-state index contributed by atoms with van der Waals surface area (Å²) < 4.78 is 32.3. The van der Waals surface area contributed by atoms with Crippen LogP contribution in [0.15, 0.2) is 18.2 Å². The zero-order chi connectivity index (χ0) is 21.0. The number of amides is 3. The molecule has 0 atom stereocenters. The van der Waals surface area contributed by atoms with Crippen molar-refractivity contribution in [3.8, 4) is 5.75 Å². The summed E-state index contributed by atoms with van der Waals surface area (Å²) in [7, 11) is -3.71. The Morgan fingerprint density at radius 2 is 1.79 bits per heavy atom. The second kappa shape index (κ2) is 9.10. The van der Waals surface area contributed by atoms with E-state index in [4.69, 9.17) is 16.3 Å². The van der Waals surface area contributed by atoms with Gasteiger partial charge in [0.1, 0.15) is 5.75 Å². The summed E-state index contributed by atoms with van der Waals surface area (Å²) >= 11 is 6.00. The van der Waals surface area contributed by atoms with Gasteiger partial charge in [-0.1, -0.05) is 11.6 Å².